The lowest BCUT2D eigenvalue weighted by atomic mass is 10.1. The fourth-order valence-corrected chi connectivity index (χ4v) is 1.92. The van der Waals surface area contributed by atoms with Gasteiger partial charge >= 0.3 is 0 Å². The number of aromatic nitrogens is 2. The summed E-state index contributed by atoms with van der Waals surface area (Å²) in [5.41, 5.74) is 7.08. The minimum Gasteiger partial charge on any atom is -0.384 e. The number of hydrogen-bond acceptors (Lipinski definition) is 5. The van der Waals surface area contributed by atoms with Gasteiger partial charge in [0.2, 0.25) is 5.13 Å². The topological polar surface area (TPSA) is 78.9 Å². The van der Waals surface area contributed by atoms with Crippen LogP contribution in [0.3, 0.4) is 0 Å². The van der Waals surface area contributed by atoms with Crippen molar-refractivity contribution in [1.82, 2.24) is 9.36 Å². The maximum atomic E-state index is 7.51. The molecule has 0 aliphatic rings. The molecule has 0 spiro atoms. The molecule has 5 nitrogen and oxygen atoms in total. The molecule has 2 aromatic rings. The molecule has 3 N–H and O–H groups in total. The van der Waals surface area contributed by atoms with E-state index in [1.54, 1.807) is 0 Å². The van der Waals surface area contributed by atoms with E-state index in [0.717, 1.165) is 10.8 Å². The quantitative estimate of drug-likeness (QED) is 0.623. The maximum Gasteiger partial charge on any atom is 0.209 e. The van der Waals surface area contributed by atoms with E-state index in [4.69, 9.17) is 11.1 Å². The lowest BCUT2D eigenvalue weighted by molar-refractivity contribution is 1.16. The summed E-state index contributed by atoms with van der Waals surface area (Å²) in [6.45, 7) is 0. The number of nitrogens with two attached hydrogens (primary N) is 1. The minimum atomic E-state index is 0.0481. The van der Waals surface area contributed by atoms with Crippen molar-refractivity contribution in [3.8, 4) is 0 Å². The van der Waals surface area contributed by atoms with Gasteiger partial charge in [-0.15, -0.1) is 0 Å². The van der Waals surface area contributed by atoms with Gasteiger partial charge in [0, 0.05) is 24.1 Å². The molecule has 0 unspecified atom stereocenters. The molecule has 6 heteroatoms. The second-order valence-corrected chi connectivity index (χ2v) is 3.97. The van der Waals surface area contributed by atoms with Crippen LogP contribution in [0, 0.1) is 5.41 Å². The maximum absolute atomic E-state index is 7.51. The Labute approximate surface area is 97.2 Å². The molecule has 0 saturated carbocycles. The molecule has 0 saturated heterocycles. The molecule has 0 amide bonds. The predicted octanol–water partition coefficient (Wildman–Crippen LogP) is 1.59. The summed E-state index contributed by atoms with van der Waals surface area (Å²) in [5.74, 6) is 0.0481. The second kappa shape index (κ2) is 4.28. The van der Waals surface area contributed by atoms with E-state index in [1.165, 1.54) is 17.9 Å². The minimum absolute atomic E-state index is 0.0481. The number of nitrogen functional groups attached to an aromatic ring is 1. The van der Waals surface area contributed by atoms with Crippen molar-refractivity contribution in [2.45, 2.75) is 0 Å². The molecule has 0 fully saturated rings. The van der Waals surface area contributed by atoms with E-state index in [1.807, 2.05) is 36.2 Å². The van der Waals surface area contributed by atoms with Crippen LogP contribution in [0.4, 0.5) is 10.8 Å². The normalized spacial score (nSPS) is 10.1. The highest BCUT2D eigenvalue weighted by molar-refractivity contribution is 7.09. The van der Waals surface area contributed by atoms with Gasteiger partial charge in [-0.2, -0.15) is 4.37 Å². The van der Waals surface area contributed by atoms with Gasteiger partial charge in [0.25, 0.3) is 0 Å². The zero-order valence-corrected chi connectivity index (χ0v) is 9.53. The largest absolute Gasteiger partial charge is 0.384 e. The third-order valence-corrected chi connectivity index (χ3v) is 2.93. The van der Waals surface area contributed by atoms with E-state index >= 15 is 0 Å². The first-order valence-corrected chi connectivity index (χ1v) is 5.41. The highest BCUT2D eigenvalue weighted by Crippen LogP contribution is 2.26. The molecule has 0 aliphatic heterocycles. The molecule has 2 rings (SSSR count). The summed E-state index contributed by atoms with van der Waals surface area (Å²) >= 11 is 1.30. The molecule has 1 heterocycles. The Kier molecular flexibility index (Phi) is 2.82. The Morgan fingerprint density at radius 2 is 2.19 bits per heavy atom. The Morgan fingerprint density at radius 3 is 2.81 bits per heavy atom. The van der Waals surface area contributed by atoms with E-state index in [0.29, 0.717) is 5.56 Å². The fraction of sp³-hybridized carbons (Fsp3) is 0.100. The average Bonchev–Trinajstić information content (AvgIpc) is 2.81. The zero-order valence-electron chi connectivity index (χ0n) is 8.71. The number of anilines is 2. The summed E-state index contributed by atoms with van der Waals surface area (Å²) in [4.78, 5) is 5.98. The zero-order chi connectivity index (χ0) is 11.5. The molecule has 1 aromatic carbocycles. The molecule has 1 aromatic heterocycles. The van der Waals surface area contributed by atoms with Gasteiger partial charge in [-0.1, -0.05) is 12.1 Å². The molecule has 16 heavy (non-hydrogen) atoms. The molecule has 0 radical (unpaired) electrons. The van der Waals surface area contributed by atoms with Crippen LogP contribution >= 0.6 is 11.5 Å². The van der Waals surface area contributed by atoms with E-state index in [2.05, 4.69) is 9.36 Å². The van der Waals surface area contributed by atoms with Crippen LogP contribution in [0.15, 0.2) is 30.6 Å². The van der Waals surface area contributed by atoms with Crippen molar-refractivity contribution in [2.75, 3.05) is 11.9 Å². The Hall–Kier alpha value is -1.95. The van der Waals surface area contributed by atoms with Gasteiger partial charge in [0.05, 0.1) is 5.69 Å². The van der Waals surface area contributed by atoms with Crippen LogP contribution in [0.2, 0.25) is 0 Å². The first kappa shape index (κ1) is 10.6. The number of hydrogen-bond donors (Lipinski definition) is 2. The Balaban J connectivity index is 2.44. The molecule has 0 bridgehead atoms. The number of rotatable bonds is 3. The van der Waals surface area contributed by atoms with Crippen molar-refractivity contribution in [3.05, 3.63) is 36.2 Å². The van der Waals surface area contributed by atoms with Crippen LogP contribution in [0.5, 0.6) is 0 Å². The standard InChI is InChI=1S/C10H11N5S/c1-15(10-13-6-14-16-10)8-5-3-2-4-7(8)9(11)12/h2-6H,1H3,(H3,11,12). The summed E-state index contributed by atoms with van der Waals surface area (Å²) in [7, 11) is 1.88. The molecule has 0 aliphatic carbocycles. The highest BCUT2D eigenvalue weighted by atomic mass is 32.1. The van der Waals surface area contributed by atoms with E-state index in [9.17, 15) is 0 Å². The Bertz CT molecular complexity index is 494. The SMILES string of the molecule is CN(c1ncns1)c1ccccc1C(=N)N. The van der Waals surface area contributed by atoms with Gasteiger partial charge in [0.1, 0.15) is 12.2 Å². The first-order chi connectivity index (χ1) is 7.70. The number of para-hydroxylation sites is 1. The molecule has 82 valence electrons. The van der Waals surface area contributed by atoms with Gasteiger partial charge < -0.3 is 10.6 Å². The van der Waals surface area contributed by atoms with Gasteiger partial charge in [0.15, 0.2) is 0 Å². The van der Waals surface area contributed by atoms with Crippen LogP contribution in [0.25, 0.3) is 0 Å². The molecular weight excluding hydrogens is 222 g/mol. The smallest absolute Gasteiger partial charge is 0.209 e. The number of amidine groups is 1. The predicted molar refractivity (Wildman–Crippen MR) is 65.4 cm³/mol. The second-order valence-electron chi connectivity index (χ2n) is 3.21. The highest BCUT2D eigenvalue weighted by Gasteiger charge is 2.12. The van der Waals surface area contributed by atoms with Gasteiger partial charge in [-0.05, 0) is 12.1 Å². The third-order valence-electron chi connectivity index (χ3n) is 2.19. The summed E-state index contributed by atoms with van der Waals surface area (Å²) < 4.78 is 3.95. The summed E-state index contributed by atoms with van der Waals surface area (Å²) in [6, 6.07) is 7.47. The summed E-state index contributed by atoms with van der Waals surface area (Å²) in [5, 5.41) is 8.29. The van der Waals surface area contributed by atoms with Gasteiger partial charge in [-0.25, -0.2) is 4.98 Å². The fourth-order valence-electron chi connectivity index (χ4n) is 1.41. The van der Waals surface area contributed by atoms with Crippen molar-refractivity contribution in [1.29, 1.82) is 5.41 Å². The van der Waals surface area contributed by atoms with E-state index < -0.39 is 0 Å². The van der Waals surface area contributed by atoms with Crippen molar-refractivity contribution >= 4 is 28.2 Å². The van der Waals surface area contributed by atoms with Crippen LogP contribution in [-0.2, 0) is 0 Å². The Morgan fingerprint density at radius 1 is 1.44 bits per heavy atom. The number of benzene rings is 1. The summed E-state index contributed by atoms with van der Waals surface area (Å²) in [6.07, 6.45) is 1.51. The van der Waals surface area contributed by atoms with Crippen LogP contribution in [-0.4, -0.2) is 22.2 Å². The van der Waals surface area contributed by atoms with Crippen LogP contribution in [0.1, 0.15) is 5.56 Å². The first-order valence-electron chi connectivity index (χ1n) is 4.64. The number of nitrogens with one attached hydrogen (secondary N) is 1. The lowest BCUT2D eigenvalue weighted by Crippen LogP contribution is -2.18. The third kappa shape index (κ3) is 1.87. The van der Waals surface area contributed by atoms with Gasteiger partial charge in [-0.3, -0.25) is 5.41 Å². The monoisotopic (exact) mass is 233 g/mol. The average molecular weight is 233 g/mol. The number of nitrogens with zero attached hydrogens (tertiary/aromatic N) is 3. The molecule has 0 atom stereocenters. The van der Waals surface area contributed by atoms with Crippen molar-refractivity contribution < 1.29 is 0 Å². The lowest BCUT2D eigenvalue weighted by Gasteiger charge is -2.18. The van der Waals surface area contributed by atoms with Crippen molar-refractivity contribution in [2.24, 2.45) is 5.73 Å². The molecular formula is C10H11N5S. The van der Waals surface area contributed by atoms with Crippen molar-refractivity contribution in [3.63, 3.8) is 0 Å². The van der Waals surface area contributed by atoms with Crippen LogP contribution < -0.4 is 10.6 Å². The van der Waals surface area contributed by atoms with E-state index in [-0.39, 0.29) is 5.84 Å².